The molecule has 110 valence electrons. The van der Waals surface area contributed by atoms with Gasteiger partial charge in [0.2, 0.25) is 5.95 Å². The van der Waals surface area contributed by atoms with E-state index in [9.17, 15) is 4.39 Å². The fourth-order valence-corrected chi connectivity index (χ4v) is 3.24. The van der Waals surface area contributed by atoms with Crippen LogP contribution < -0.4 is 5.32 Å². The van der Waals surface area contributed by atoms with Gasteiger partial charge in [-0.15, -0.1) is 0 Å². The van der Waals surface area contributed by atoms with E-state index in [-0.39, 0.29) is 6.04 Å². The van der Waals surface area contributed by atoms with Crippen LogP contribution in [0.25, 0.3) is 0 Å². The van der Waals surface area contributed by atoms with E-state index in [0.717, 1.165) is 5.69 Å². The van der Waals surface area contributed by atoms with Crippen LogP contribution in [0.5, 0.6) is 0 Å². The van der Waals surface area contributed by atoms with Crippen LogP contribution in [-0.2, 0) is 0 Å². The molecule has 1 aliphatic carbocycles. The summed E-state index contributed by atoms with van der Waals surface area (Å²) in [5, 5.41) is 3.56. The van der Waals surface area contributed by atoms with Gasteiger partial charge in [0.15, 0.2) is 0 Å². The highest BCUT2D eigenvalue weighted by Crippen LogP contribution is 2.36. The molecular formula is C18H21FN2. The zero-order valence-corrected chi connectivity index (χ0v) is 12.1. The lowest BCUT2D eigenvalue weighted by Crippen LogP contribution is -2.23. The van der Waals surface area contributed by atoms with Crippen molar-refractivity contribution in [3.05, 3.63) is 60.2 Å². The SMILES string of the molecule is Fc1ccc(NC(c2ccccc2)C2CCCCC2)cn1. The first kappa shape index (κ1) is 14.1. The monoisotopic (exact) mass is 284 g/mol. The Hall–Kier alpha value is -1.90. The van der Waals surface area contributed by atoms with Crippen LogP contribution in [0.4, 0.5) is 10.1 Å². The fraction of sp³-hybridized carbons (Fsp3) is 0.389. The molecule has 1 saturated carbocycles. The Labute approximate surface area is 125 Å². The first-order valence-electron chi connectivity index (χ1n) is 7.76. The van der Waals surface area contributed by atoms with Gasteiger partial charge in [0.25, 0.3) is 0 Å². The van der Waals surface area contributed by atoms with E-state index in [0.29, 0.717) is 5.92 Å². The average molecular weight is 284 g/mol. The molecule has 1 N–H and O–H groups in total. The molecule has 0 saturated heterocycles. The number of pyridine rings is 1. The lowest BCUT2D eigenvalue weighted by molar-refractivity contribution is 0.321. The average Bonchev–Trinajstić information content (AvgIpc) is 2.56. The van der Waals surface area contributed by atoms with Gasteiger partial charge in [-0.05, 0) is 36.5 Å². The summed E-state index contributed by atoms with van der Waals surface area (Å²) in [7, 11) is 0. The molecule has 0 amide bonds. The summed E-state index contributed by atoms with van der Waals surface area (Å²) >= 11 is 0. The standard InChI is InChI=1S/C18H21FN2/c19-17-12-11-16(13-20-17)21-18(14-7-3-1-4-8-14)15-9-5-2-6-10-15/h1,3-4,7-8,11-13,15,18,21H,2,5-6,9-10H2. The first-order chi connectivity index (χ1) is 10.3. The van der Waals surface area contributed by atoms with Crippen molar-refractivity contribution in [3.63, 3.8) is 0 Å². The largest absolute Gasteiger partial charge is 0.377 e. The van der Waals surface area contributed by atoms with Crippen LogP contribution in [-0.4, -0.2) is 4.98 Å². The number of rotatable bonds is 4. The molecule has 1 atom stereocenters. The Bertz CT molecular complexity index is 547. The Morgan fingerprint density at radius 1 is 1.00 bits per heavy atom. The molecule has 1 aliphatic rings. The van der Waals surface area contributed by atoms with Gasteiger partial charge in [-0.2, -0.15) is 4.39 Å². The Kier molecular flexibility index (Phi) is 4.49. The molecule has 0 spiro atoms. The molecule has 0 bridgehead atoms. The Morgan fingerprint density at radius 2 is 1.76 bits per heavy atom. The summed E-state index contributed by atoms with van der Waals surface area (Å²) in [5.74, 6) is 0.195. The fourth-order valence-electron chi connectivity index (χ4n) is 3.24. The molecule has 21 heavy (non-hydrogen) atoms. The molecule has 0 radical (unpaired) electrons. The zero-order valence-electron chi connectivity index (χ0n) is 12.1. The summed E-state index contributed by atoms with van der Waals surface area (Å²) in [4.78, 5) is 3.74. The van der Waals surface area contributed by atoms with Gasteiger partial charge < -0.3 is 5.32 Å². The normalized spacial score (nSPS) is 17.4. The van der Waals surface area contributed by atoms with Crippen molar-refractivity contribution in [3.8, 4) is 0 Å². The van der Waals surface area contributed by atoms with Crippen molar-refractivity contribution in [1.29, 1.82) is 0 Å². The van der Waals surface area contributed by atoms with Crippen molar-refractivity contribution in [2.45, 2.75) is 38.1 Å². The summed E-state index contributed by atoms with van der Waals surface area (Å²) in [6, 6.07) is 14.0. The molecule has 1 fully saturated rings. The Morgan fingerprint density at radius 3 is 2.43 bits per heavy atom. The van der Waals surface area contributed by atoms with Crippen LogP contribution in [0, 0.1) is 11.9 Å². The van der Waals surface area contributed by atoms with E-state index in [2.05, 4.69) is 34.6 Å². The molecule has 2 nitrogen and oxygen atoms in total. The van der Waals surface area contributed by atoms with Crippen LogP contribution in [0.15, 0.2) is 48.7 Å². The van der Waals surface area contributed by atoms with Crippen LogP contribution >= 0.6 is 0 Å². The molecule has 1 aromatic heterocycles. The third kappa shape index (κ3) is 3.60. The number of hydrogen-bond donors (Lipinski definition) is 1. The molecular weight excluding hydrogens is 263 g/mol. The van der Waals surface area contributed by atoms with E-state index < -0.39 is 5.95 Å². The second-order valence-electron chi connectivity index (χ2n) is 5.80. The second kappa shape index (κ2) is 6.70. The smallest absolute Gasteiger partial charge is 0.212 e. The zero-order chi connectivity index (χ0) is 14.5. The van der Waals surface area contributed by atoms with Gasteiger partial charge in [0.05, 0.1) is 17.9 Å². The predicted octanol–water partition coefficient (Wildman–Crippen LogP) is 4.95. The van der Waals surface area contributed by atoms with Crippen molar-refractivity contribution in [2.75, 3.05) is 5.32 Å². The van der Waals surface area contributed by atoms with E-state index in [1.165, 1.54) is 43.7 Å². The summed E-state index contributed by atoms with van der Waals surface area (Å²) < 4.78 is 13.0. The van der Waals surface area contributed by atoms with E-state index in [1.54, 1.807) is 12.3 Å². The number of aromatic nitrogens is 1. The third-order valence-corrected chi connectivity index (χ3v) is 4.33. The summed E-state index contributed by atoms with van der Waals surface area (Å²) in [6.07, 6.45) is 8.03. The number of halogens is 1. The van der Waals surface area contributed by atoms with E-state index in [1.807, 2.05) is 6.07 Å². The highest BCUT2D eigenvalue weighted by atomic mass is 19.1. The van der Waals surface area contributed by atoms with Crippen molar-refractivity contribution in [1.82, 2.24) is 4.98 Å². The molecule has 1 unspecified atom stereocenters. The predicted molar refractivity (Wildman–Crippen MR) is 83.6 cm³/mol. The van der Waals surface area contributed by atoms with Crippen molar-refractivity contribution >= 4 is 5.69 Å². The van der Waals surface area contributed by atoms with Crippen molar-refractivity contribution < 1.29 is 4.39 Å². The topological polar surface area (TPSA) is 24.9 Å². The van der Waals surface area contributed by atoms with Gasteiger partial charge >= 0.3 is 0 Å². The number of benzene rings is 1. The summed E-state index contributed by atoms with van der Waals surface area (Å²) in [6.45, 7) is 0. The quantitative estimate of drug-likeness (QED) is 0.803. The highest BCUT2D eigenvalue weighted by Gasteiger charge is 2.24. The van der Waals surface area contributed by atoms with Crippen LogP contribution in [0.3, 0.4) is 0 Å². The number of anilines is 1. The number of hydrogen-bond acceptors (Lipinski definition) is 2. The van der Waals surface area contributed by atoms with E-state index >= 15 is 0 Å². The minimum absolute atomic E-state index is 0.277. The molecule has 3 heteroatoms. The lowest BCUT2D eigenvalue weighted by atomic mass is 9.81. The minimum Gasteiger partial charge on any atom is -0.377 e. The molecule has 1 aromatic carbocycles. The van der Waals surface area contributed by atoms with Gasteiger partial charge in [-0.25, -0.2) is 4.98 Å². The first-order valence-corrected chi connectivity index (χ1v) is 7.76. The molecule has 3 rings (SSSR count). The molecule has 2 aromatic rings. The minimum atomic E-state index is -0.436. The third-order valence-electron chi connectivity index (χ3n) is 4.33. The van der Waals surface area contributed by atoms with Crippen molar-refractivity contribution in [2.24, 2.45) is 5.92 Å². The molecule has 0 aliphatic heterocycles. The number of nitrogens with one attached hydrogen (secondary N) is 1. The maximum atomic E-state index is 13.0. The Balaban J connectivity index is 1.83. The van der Waals surface area contributed by atoms with Gasteiger partial charge in [0.1, 0.15) is 0 Å². The number of nitrogens with zero attached hydrogens (tertiary/aromatic N) is 1. The van der Waals surface area contributed by atoms with Crippen LogP contribution in [0.2, 0.25) is 0 Å². The maximum absolute atomic E-state index is 13.0. The van der Waals surface area contributed by atoms with Gasteiger partial charge in [-0.3, -0.25) is 0 Å². The summed E-state index contributed by atoms with van der Waals surface area (Å²) in [5.41, 5.74) is 2.18. The highest BCUT2D eigenvalue weighted by molar-refractivity contribution is 5.43. The van der Waals surface area contributed by atoms with Gasteiger partial charge in [-0.1, -0.05) is 49.6 Å². The molecule has 1 heterocycles. The van der Waals surface area contributed by atoms with E-state index in [4.69, 9.17) is 0 Å². The maximum Gasteiger partial charge on any atom is 0.212 e. The lowest BCUT2D eigenvalue weighted by Gasteiger charge is -2.32. The van der Waals surface area contributed by atoms with Crippen LogP contribution in [0.1, 0.15) is 43.7 Å². The van der Waals surface area contributed by atoms with Gasteiger partial charge in [0, 0.05) is 0 Å². The second-order valence-corrected chi connectivity index (χ2v) is 5.80.